The van der Waals surface area contributed by atoms with E-state index in [1.807, 2.05) is 6.07 Å². The smallest absolute Gasteiger partial charge is 0.319 e. The van der Waals surface area contributed by atoms with Crippen LogP contribution in [0.4, 0.5) is 10.5 Å². The first-order valence-electron chi connectivity index (χ1n) is 6.53. The minimum absolute atomic E-state index is 0.191. The molecule has 1 aliphatic rings. The molecule has 0 radical (unpaired) electrons. The summed E-state index contributed by atoms with van der Waals surface area (Å²) in [4.78, 5) is 11.7. The number of carbonyl (C=O) groups is 1. The van der Waals surface area contributed by atoms with Gasteiger partial charge in [-0.2, -0.15) is 5.26 Å². The number of nitrogens with zero attached hydrogens (tertiary/aromatic N) is 1. The van der Waals surface area contributed by atoms with E-state index in [4.69, 9.17) is 5.26 Å². The fourth-order valence-electron chi connectivity index (χ4n) is 2.13. The molecule has 5 nitrogen and oxygen atoms in total. The van der Waals surface area contributed by atoms with Crippen molar-refractivity contribution < 1.29 is 4.79 Å². The van der Waals surface area contributed by atoms with Gasteiger partial charge in [-0.05, 0) is 56.1 Å². The van der Waals surface area contributed by atoms with Gasteiger partial charge in [-0.3, -0.25) is 0 Å². The molecule has 0 aromatic heterocycles. The zero-order valence-corrected chi connectivity index (χ0v) is 10.8. The van der Waals surface area contributed by atoms with E-state index in [2.05, 4.69) is 16.0 Å². The minimum Gasteiger partial charge on any atom is -0.338 e. The molecule has 1 saturated heterocycles. The molecule has 0 unspecified atom stereocenters. The molecule has 1 fully saturated rings. The molecule has 0 spiro atoms. The molecule has 100 valence electrons. The van der Waals surface area contributed by atoms with Crippen LogP contribution in [0.15, 0.2) is 24.3 Å². The van der Waals surface area contributed by atoms with E-state index < -0.39 is 0 Å². The summed E-state index contributed by atoms with van der Waals surface area (Å²) in [5, 5.41) is 17.6. The molecular weight excluding hydrogens is 240 g/mol. The summed E-state index contributed by atoms with van der Waals surface area (Å²) in [6.45, 7) is 2.77. The van der Waals surface area contributed by atoms with E-state index in [9.17, 15) is 4.79 Å². The van der Waals surface area contributed by atoms with Crippen molar-refractivity contribution in [3.8, 4) is 6.07 Å². The molecule has 0 bridgehead atoms. The lowest BCUT2D eigenvalue weighted by Crippen LogP contribution is -2.37. The molecule has 5 heteroatoms. The predicted octanol–water partition coefficient (Wildman–Crippen LogP) is 1.68. The summed E-state index contributed by atoms with van der Waals surface area (Å²) in [6.07, 6.45) is 2.22. The topological polar surface area (TPSA) is 77.0 Å². The lowest BCUT2D eigenvalue weighted by molar-refractivity contribution is 0.248. The standard InChI is InChI=1S/C14H18N4O/c15-9-11-1-3-13(4-2-11)18-14(19)17-10-12-5-7-16-8-6-12/h1-4,12,16H,5-8,10H2,(H2,17,18,19). The van der Waals surface area contributed by atoms with Crippen LogP contribution in [0.25, 0.3) is 0 Å². The van der Waals surface area contributed by atoms with Crippen molar-refractivity contribution in [1.82, 2.24) is 10.6 Å². The van der Waals surface area contributed by atoms with E-state index >= 15 is 0 Å². The highest BCUT2D eigenvalue weighted by Crippen LogP contribution is 2.11. The Morgan fingerprint density at radius 3 is 2.63 bits per heavy atom. The number of carbonyl (C=O) groups excluding carboxylic acids is 1. The number of anilines is 1. The molecule has 0 saturated carbocycles. The van der Waals surface area contributed by atoms with Crippen molar-refractivity contribution >= 4 is 11.7 Å². The number of hydrogen-bond donors (Lipinski definition) is 3. The number of benzene rings is 1. The fourth-order valence-corrected chi connectivity index (χ4v) is 2.13. The van der Waals surface area contributed by atoms with Crippen LogP contribution in [-0.4, -0.2) is 25.7 Å². The van der Waals surface area contributed by atoms with Crippen molar-refractivity contribution in [2.75, 3.05) is 25.0 Å². The Bertz CT molecular complexity index is 457. The van der Waals surface area contributed by atoms with Crippen LogP contribution in [0, 0.1) is 17.2 Å². The van der Waals surface area contributed by atoms with Crippen LogP contribution in [0.2, 0.25) is 0 Å². The van der Waals surface area contributed by atoms with Crippen molar-refractivity contribution in [2.24, 2.45) is 5.92 Å². The molecule has 0 atom stereocenters. The minimum atomic E-state index is -0.191. The summed E-state index contributed by atoms with van der Waals surface area (Å²) in [5.74, 6) is 0.563. The van der Waals surface area contributed by atoms with Crippen molar-refractivity contribution in [1.29, 1.82) is 5.26 Å². The van der Waals surface area contributed by atoms with E-state index in [1.165, 1.54) is 0 Å². The zero-order chi connectivity index (χ0) is 13.5. The van der Waals surface area contributed by atoms with Crippen molar-refractivity contribution in [3.05, 3.63) is 29.8 Å². The third-order valence-corrected chi connectivity index (χ3v) is 3.28. The Morgan fingerprint density at radius 2 is 2.00 bits per heavy atom. The average molecular weight is 258 g/mol. The quantitative estimate of drug-likeness (QED) is 0.772. The third kappa shape index (κ3) is 4.27. The van der Waals surface area contributed by atoms with Gasteiger partial charge in [-0.25, -0.2) is 4.79 Å². The number of amides is 2. The maximum Gasteiger partial charge on any atom is 0.319 e. The lowest BCUT2D eigenvalue weighted by Gasteiger charge is -2.22. The molecule has 3 N–H and O–H groups in total. The van der Waals surface area contributed by atoms with Gasteiger partial charge in [0.1, 0.15) is 0 Å². The van der Waals surface area contributed by atoms with Crippen LogP contribution in [0.1, 0.15) is 18.4 Å². The number of urea groups is 1. The molecule has 1 heterocycles. The second kappa shape index (κ2) is 6.76. The summed E-state index contributed by atoms with van der Waals surface area (Å²) in [5.41, 5.74) is 1.28. The van der Waals surface area contributed by atoms with E-state index in [1.54, 1.807) is 24.3 Å². The number of piperidine rings is 1. The van der Waals surface area contributed by atoms with Gasteiger partial charge in [-0.15, -0.1) is 0 Å². The van der Waals surface area contributed by atoms with Gasteiger partial charge in [0.05, 0.1) is 11.6 Å². The predicted molar refractivity (Wildman–Crippen MR) is 73.8 cm³/mol. The van der Waals surface area contributed by atoms with Crippen LogP contribution in [0.5, 0.6) is 0 Å². The average Bonchev–Trinajstić information content (AvgIpc) is 2.47. The first kappa shape index (κ1) is 13.4. The molecular formula is C14H18N4O. The molecule has 2 rings (SSSR count). The highest BCUT2D eigenvalue weighted by atomic mass is 16.2. The molecule has 1 aliphatic heterocycles. The lowest BCUT2D eigenvalue weighted by atomic mass is 9.98. The van der Waals surface area contributed by atoms with Gasteiger partial charge in [0, 0.05) is 12.2 Å². The van der Waals surface area contributed by atoms with Gasteiger partial charge in [0.2, 0.25) is 0 Å². The van der Waals surface area contributed by atoms with Gasteiger partial charge in [0.15, 0.2) is 0 Å². The maximum absolute atomic E-state index is 11.7. The van der Waals surface area contributed by atoms with E-state index in [0.29, 0.717) is 23.7 Å². The van der Waals surface area contributed by atoms with Crippen LogP contribution >= 0.6 is 0 Å². The monoisotopic (exact) mass is 258 g/mol. The molecule has 0 aliphatic carbocycles. The summed E-state index contributed by atoms with van der Waals surface area (Å²) >= 11 is 0. The Morgan fingerprint density at radius 1 is 1.32 bits per heavy atom. The number of hydrogen-bond acceptors (Lipinski definition) is 3. The Balaban J connectivity index is 1.75. The highest BCUT2D eigenvalue weighted by molar-refractivity contribution is 5.89. The summed E-state index contributed by atoms with van der Waals surface area (Å²) in [7, 11) is 0. The normalized spacial score (nSPS) is 15.5. The number of nitrogens with one attached hydrogen (secondary N) is 3. The van der Waals surface area contributed by atoms with Crippen LogP contribution in [-0.2, 0) is 0 Å². The van der Waals surface area contributed by atoms with E-state index in [-0.39, 0.29) is 6.03 Å². The molecule has 19 heavy (non-hydrogen) atoms. The largest absolute Gasteiger partial charge is 0.338 e. The third-order valence-electron chi connectivity index (χ3n) is 3.28. The van der Waals surface area contributed by atoms with Crippen molar-refractivity contribution in [2.45, 2.75) is 12.8 Å². The van der Waals surface area contributed by atoms with E-state index in [0.717, 1.165) is 25.9 Å². The second-order valence-corrected chi connectivity index (χ2v) is 4.72. The summed E-state index contributed by atoms with van der Waals surface area (Å²) < 4.78 is 0. The maximum atomic E-state index is 11.7. The van der Waals surface area contributed by atoms with Gasteiger partial charge < -0.3 is 16.0 Å². The molecule has 1 aromatic rings. The van der Waals surface area contributed by atoms with Crippen LogP contribution < -0.4 is 16.0 Å². The Labute approximate surface area is 113 Å². The summed E-state index contributed by atoms with van der Waals surface area (Å²) in [6, 6.07) is 8.67. The van der Waals surface area contributed by atoms with Gasteiger partial charge >= 0.3 is 6.03 Å². The first-order chi connectivity index (χ1) is 9.28. The Kier molecular flexibility index (Phi) is 4.76. The molecule has 1 aromatic carbocycles. The molecule has 2 amide bonds. The van der Waals surface area contributed by atoms with Crippen molar-refractivity contribution in [3.63, 3.8) is 0 Å². The highest BCUT2D eigenvalue weighted by Gasteiger charge is 2.13. The zero-order valence-electron chi connectivity index (χ0n) is 10.8. The fraction of sp³-hybridized carbons (Fsp3) is 0.429. The Hall–Kier alpha value is -2.06. The van der Waals surface area contributed by atoms with Crippen LogP contribution in [0.3, 0.4) is 0 Å². The van der Waals surface area contributed by atoms with Gasteiger partial charge in [-0.1, -0.05) is 0 Å². The second-order valence-electron chi connectivity index (χ2n) is 4.72. The number of rotatable bonds is 3. The first-order valence-corrected chi connectivity index (χ1v) is 6.53. The number of nitriles is 1. The van der Waals surface area contributed by atoms with Gasteiger partial charge in [0.25, 0.3) is 0 Å². The SMILES string of the molecule is N#Cc1ccc(NC(=O)NCC2CCNCC2)cc1.